The van der Waals surface area contributed by atoms with Crippen LogP contribution in [0.2, 0.25) is 0 Å². The Balaban J connectivity index is 1.53. The number of furan rings is 1. The van der Waals surface area contributed by atoms with Gasteiger partial charge in [-0.05, 0) is 32.0 Å². The molecule has 1 aromatic carbocycles. The molecule has 1 aliphatic rings. The third-order valence-electron chi connectivity index (χ3n) is 3.41. The van der Waals surface area contributed by atoms with Crippen molar-refractivity contribution in [3.05, 3.63) is 36.1 Å². The van der Waals surface area contributed by atoms with Gasteiger partial charge in [-0.2, -0.15) is 0 Å². The summed E-state index contributed by atoms with van der Waals surface area (Å²) in [7, 11) is 2.14. The molecular weight excluding hydrogens is 224 g/mol. The smallest absolute Gasteiger partial charge is 0.134 e. The summed E-state index contributed by atoms with van der Waals surface area (Å²) >= 11 is 0. The molecule has 1 fully saturated rings. The first kappa shape index (κ1) is 11.8. The summed E-state index contributed by atoms with van der Waals surface area (Å²) in [5.41, 5.74) is 0.983. The molecule has 3 rings (SSSR count). The number of benzene rings is 1. The predicted octanol–water partition coefficient (Wildman–Crippen LogP) is 2.62. The Kier molecular flexibility index (Phi) is 3.35. The molecule has 0 unspecified atom stereocenters. The van der Waals surface area contributed by atoms with Crippen molar-refractivity contribution in [1.29, 1.82) is 0 Å². The summed E-state index contributed by atoms with van der Waals surface area (Å²) in [6.45, 7) is 3.01. The van der Waals surface area contributed by atoms with Crippen LogP contribution in [0.5, 0.6) is 0 Å². The Morgan fingerprint density at radius 3 is 2.94 bits per heavy atom. The summed E-state index contributed by atoms with van der Waals surface area (Å²) in [5.74, 6) is 1.05. The molecule has 0 bridgehead atoms. The van der Waals surface area contributed by atoms with Gasteiger partial charge in [0.25, 0.3) is 0 Å². The van der Waals surface area contributed by atoms with Crippen molar-refractivity contribution in [2.75, 3.05) is 20.1 Å². The van der Waals surface area contributed by atoms with Gasteiger partial charge in [0.1, 0.15) is 11.3 Å². The molecular formula is C15H20N2O. The lowest BCUT2D eigenvalue weighted by atomic mass is 10.2. The van der Waals surface area contributed by atoms with Crippen molar-refractivity contribution in [3.8, 4) is 0 Å². The largest absolute Gasteiger partial charge is 0.460 e. The molecule has 0 saturated heterocycles. The zero-order chi connectivity index (χ0) is 12.4. The van der Waals surface area contributed by atoms with Crippen LogP contribution in [0.1, 0.15) is 18.6 Å². The van der Waals surface area contributed by atoms with Gasteiger partial charge in [-0.15, -0.1) is 0 Å². The second-order valence-electron chi connectivity index (χ2n) is 5.22. The van der Waals surface area contributed by atoms with E-state index in [0.717, 1.165) is 37.0 Å². The zero-order valence-corrected chi connectivity index (χ0v) is 10.9. The lowest BCUT2D eigenvalue weighted by molar-refractivity contribution is 0.297. The quantitative estimate of drug-likeness (QED) is 0.846. The first-order chi connectivity index (χ1) is 8.81. The molecule has 0 radical (unpaired) electrons. The molecule has 3 heteroatoms. The molecule has 96 valence electrons. The van der Waals surface area contributed by atoms with Crippen molar-refractivity contribution in [2.45, 2.75) is 25.4 Å². The highest BCUT2D eigenvalue weighted by atomic mass is 16.3. The molecule has 0 aliphatic heterocycles. The Labute approximate surface area is 108 Å². The second kappa shape index (κ2) is 5.12. The maximum atomic E-state index is 5.82. The number of hydrogen-bond donors (Lipinski definition) is 1. The minimum absolute atomic E-state index is 0.796. The number of hydrogen-bond acceptors (Lipinski definition) is 3. The van der Waals surface area contributed by atoms with Crippen LogP contribution in [0.3, 0.4) is 0 Å². The number of likely N-dealkylation sites (N-methyl/N-ethyl adjacent to an activating group) is 1. The summed E-state index contributed by atoms with van der Waals surface area (Å²) in [4.78, 5) is 2.30. The van der Waals surface area contributed by atoms with E-state index in [4.69, 9.17) is 4.42 Å². The Morgan fingerprint density at radius 1 is 1.33 bits per heavy atom. The highest BCUT2D eigenvalue weighted by molar-refractivity contribution is 5.77. The van der Waals surface area contributed by atoms with Gasteiger partial charge in [-0.1, -0.05) is 18.2 Å². The first-order valence-corrected chi connectivity index (χ1v) is 6.70. The van der Waals surface area contributed by atoms with Gasteiger partial charge in [0.15, 0.2) is 0 Å². The van der Waals surface area contributed by atoms with E-state index in [1.807, 2.05) is 18.2 Å². The van der Waals surface area contributed by atoms with E-state index < -0.39 is 0 Å². The monoisotopic (exact) mass is 244 g/mol. The molecule has 1 aromatic heterocycles. The zero-order valence-electron chi connectivity index (χ0n) is 10.9. The maximum absolute atomic E-state index is 5.82. The highest BCUT2D eigenvalue weighted by Crippen LogP contribution is 2.20. The van der Waals surface area contributed by atoms with E-state index in [-0.39, 0.29) is 0 Å². The topological polar surface area (TPSA) is 28.4 Å². The molecule has 1 N–H and O–H groups in total. The van der Waals surface area contributed by atoms with Crippen molar-refractivity contribution >= 4 is 11.0 Å². The van der Waals surface area contributed by atoms with Gasteiger partial charge in [0, 0.05) is 24.5 Å². The highest BCUT2D eigenvalue weighted by Gasteiger charge is 2.19. The van der Waals surface area contributed by atoms with Gasteiger partial charge in [-0.25, -0.2) is 0 Å². The van der Waals surface area contributed by atoms with Crippen LogP contribution in [0.25, 0.3) is 11.0 Å². The van der Waals surface area contributed by atoms with Crippen LogP contribution < -0.4 is 5.32 Å². The van der Waals surface area contributed by atoms with Crippen molar-refractivity contribution in [1.82, 2.24) is 10.2 Å². The Bertz CT molecular complexity index is 483. The van der Waals surface area contributed by atoms with E-state index in [1.165, 1.54) is 18.2 Å². The Morgan fingerprint density at radius 2 is 2.17 bits per heavy atom. The SMILES string of the molecule is CN(CCNC1CC1)Cc1cc2ccccc2o1. The first-order valence-electron chi connectivity index (χ1n) is 6.70. The second-order valence-corrected chi connectivity index (χ2v) is 5.22. The fourth-order valence-electron chi connectivity index (χ4n) is 2.21. The molecule has 3 nitrogen and oxygen atoms in total. The lowest BCUT2D eigenvalue weighted by Gasteiger charge is -2.15. The van der Waals surface area contributed by atoms with Crippen LogP contribution in [0.4, 0.5) is 0 Å². The standard InChI is InChI=1S/C15H20N2O/c1-17(9-8-16-13-6-7-13)11-14-10-12-4-2-3-5-15(12)18-14/h2-5,10,13,16H,6-9,11H2,1H3. The van der Waals surface area contributed by atoms with Crippen LogP contribution in [-0.4, -0.2) is 31.1 Å². The van der Waals surface area contributed by atoms with E-state index in [9.17, 15) is 0 Å². The average molecular weight is 244 g/mol. The van der Waals surface area contributed by atoms with Crippen molar-refractivity contribution in [3.63, 3.8) is 0 Å². The van der Waals surface area contributed by atoms with Crippen LogP contribution in [-0.2, 0) is 6.54 Å². The number of nitrogens with one attached hydrogen (secondary N) is 1. The summed E-state index contributed by atoms with van der Waals surface area (Å²) in [5, 5.41) is 4.72. The molecule has 0 atom stereocenters. The van der Waals surface area contributed by atoms with Crippen molar-refractivity contribution in [2.24, 2.45) is 0 Å². The fourth-order valence-corrected chi connectivity index (χ4v) is 2.21. The van der Waals surface area contributed by atoms with E-state index >= 15 is 0 Å². The summed E-state index contributed by atoms with van der Waals surface area (Å²) in [6, 6.07) is 11.1. The summed E-state index contributed by atoms with van der Waals surface area (Å²) in [6.07, 6.45) is 2.71. The van der Waals surface area contributed by atoms with Crippen LogP contribution >= 0.6 is 0 Å². The number of rotatable bonds is 6. The van der Waals surface area contributed by atoms with Gasteiger partial charge >= 0.3 is 0 Å². The van der Waals surface area contributed by atoms with Crippen LogP contribution in [0.15, 0.2) is 34.7 Å². The van der Waals surface area contributed by atoms with Gasteiger partial charge in [0.2, 0.25) is 0 Å². The minimum Gasteiger partial charge on any atom is -0.460 e. The third kappa shape index (κ3) is 2.92. The molecule has 1 aliphatic carbocycles. The fraction of sp³-hybridized carbons (Fsp3) is 0.467. The molecule has 2 aromatic rings. The van der Waals surface area contributed by atoms with E-state index in [1.54, 1.807) is 0 Å². The maximum Gasteiger partial charge on any atom is 0.134 e. The molecule has 18 heavy (non-hydrogen) atoms. The lowest BCUT2D eigenvalue weighted by Crippen LogP contribution is -2.29. The van der Waals surface area contributed by atoms with E-state index in [2.05, 4.69) is 29.4 Å². The normalized spacial score (nSPS) is 15.7. The van der Waals surface area contributed by atoms with Crippen molar-refractivity contribution < 1.29 is 4.42 Å². The predicted molar refractivity (Wildman–Crippen MR) is 73.6 cm³/mol. The molecule has 0 amide bonds. The number of para-hydroxylation sites is 1. The molecule has 1 saturated carbocycles. The van der Waals surface area contributed by atoms with Gasteiger partial charge in [0.05, 0.1) is 6.54 Å². The van der Waals surface area contributed by atoms with Gasteiger partial charge < -0.3 is 9.73 Å². The average Bonchev–Trinajstić information content (AvgIpc) is 3.08. The summed E-state index contributed by atoms with van der Waals surface area (Å²) < 4.78 is 5.82. The third-order valence-corrected chi connectivity index (χ3v) is 3.41. The number of nitrogens with zero attached hydrogens (tertiary/aromatic N) is 1. The van der Waals surface area contributed by atoms with Gasteiger partial charge in [-0.3, -0.25) is 4.90 Å². The molecule has 1 heterocycles. The number of fused-ring (bicyclic) bond motifs is 1. The van der Waals surface area contributed by atoms with Crippen LogP contribution in [0, 0.1) is 0 Å². The van der Waals surface area contributed by atoms with E-state index in [0.29, 0.717) is 0 Å². The Hall–Kier alpha value is -1.32. The minimum atomic E-state index is 0.796. The molecule has 0 spiro atoms.